The highest BCUT2D eigenvalue weighted by Crippen LogP contribution is 2.28. The maximum atomic E-state index is 12.2. The SMILES string of the molecule is CC(CN(C)C)Nc1cccc(S(=O)(=O)N(C)C)c1N. The van der Waals surface area contributed by atoms with Gasteiger partial charge in [0.1, 0.15) is 4.90 Å². The summed E-state index contributed by atoms with van der Waals surface area (Å²) >= 11 is 0. The Bertz CT molecular complexity index is 555. The molecule has 0 amide bonds. The molecule has 0 bridgehead atoms. The lowest BCUT2D eigenvalue weighted by Crippen LogP contribution is -2.30. The second-order valence-corrected chi connectivity index (χ2v) is 7.43. The molecule has 0 saturated carbocycles. The number of likely N-dealkylation sites (N-methyl/N-ethyl adjacent to an activating group) is 1. The normalized spacial score (nSPS) is 13.8. The molecule has 0 aromatic heterocycles. The number of anilines is 2. The summed E-state index contributed by atoms with van der Waals surface area (Å²) in [7, 11) is 3.41. The fraction of sp³-hybridized carbons (Fsp3) is 0.538. The molecule has 1 atom stereocenters. The van der Waals surface area contributed by atoms with Crippen LogP contribution in [0.4, 0.5) is 11.4 Å². The van der Waals surface area contributed by atoms with Crippen molar-refractivity contribution in [3.8, 4) is 0 Å². The van der Waals surface area contributed by atoms with Crippen molar-refractivity contribution in [1.82, 2.24) is 9.21 Å². The van der Waals surface area contributed by atoms with Gasteiger partial charge in [0.25, 0.3) is 0 Å². The lowest BCUT2D eigenvalue weighted by molar-refractivity contribution is 0.392. The summed E-state index contributed by atoms with van der Waals surface area (Å²) in [4.78, 5) is 2.18. The minimum atomic E-state index is -3.53. The molecule has 7 heteroatoms. The van der Waals surface area contributed by atoms with Crippen molar-refractivity contribution in [1.29, 1.82) is 0 Å². The number of hydrogen-bond acceptors (Lipinski definition) is 5. The first-order valence-electron chi connectivity index (χ1n) is 6.38. The summed E-state index contributed by atoms with van der Waals surface area (Å²) in [6, 6.07) is 5.16. The Balaban J connectivity index is 3.08. The Morgan fingerprint density at radius 2 is 1.85 bits per heavy atom. The molecule has 0 saturated heterocycles. The van der Waals surface area contributed by atoms with Gasteiger partial charge in [0.2, 0.25) is 10.0 Å². The van der Waals surface area contributed by atoms with E-state index >= 15 is 0 Å². The lowest BCUT2D eigenvalue weighted by Gasteiger charge is -2.22. The topological polar surface area (TPSA) is 78.7 Å². The molecule has 0 radical (unpaired) electrons. The third-order valence-corrected chi connectivity index (χ3v) is 4.74. The van der Waals surface area contributed by atoms with Gasteiger partial charge in [-0.3, -0.25) is 0 Å². The van der Waals surface area contributed by atoms with E-state index < -0.39 is 10.0 Å². The monoisotopic (exact) mass is 300 g/mol. The van der Waals surface area contributed by atoms with Crippen LogP contribution in [-0.2, 0) is 10.0 Å². The number of nitrogens with zero attached hydrogens (tertiary/aromatic N) is 2. The molecule has 0 heterocycles. The standard InChI is InChI=1S/C13H24N4O2S/c1-10(9-16(2)3)15-11-7-6-8-12(13(11)14)20(18,19)17(4)5/h6-8,10,15H,9,14H2,1-5H3. The Hall–Kier alpha value is -1.31. The van der Waals surface area contributed by atoms with Crippen molar-refractivity contribution >= 4 is 21.4 Å². The highest BCUT2D eigenvalue weighted by atomic mass is 32.2. The molecule has 1 aromatic carbocycles. The lowest BCUT2D eigenvalue weighted by atomic mass is 10.2. The summed E-state index contributed by atoms with van der Waals surface area (Å²) in [6.07, 6.45) is 0. The van der Waals surface area contributed by atoms with Crippen LogP contribution >= 0.6 is 0 Å². The molecule has 1 unspecified atom stereocenters. The number of nitrogens with two attached hydrogens (primary N) is 1. The van der Waals surface area contributed by atoms with Crippen LogP contribution in [-0.4, -0.2) is 58.4 Å². The van der Waals surface area contributed by atoms with Gasteiger partial charge in [-0.05, 0) is 33.2 Å². The molecule has 0 spiro atoms. The fourth-order valence-electron chi connectivity index (χ4n) is 1.95. The van der Waals surface area contributed by atoms with Crippen LogP contribution in [0.1, 0.15) is 6.92 Å². The van der Waals surface area contributed by atoms with Crippen LogP contribution in [0, 0.1) is 0 Å². The Labute approximate surface area is 121 Å². The molecule has 6 nitrogen and oxygen atoms in total. The predicted molar refractivity (Wildman–Crippen MR) is 83.4 cm³/mol. The van der Waals surface area contributed by atoms with Crippen LogP contribution in [0.3, 0.4) is 0 Å². The molecule has 0 aliphatic rings. The summed E-state index contributed by atoms with van der Waals surface area (Å²) in [5.74, 6) is 0. The number of sulfonamides is 1. The number of benzene rings is 1. The van der Waals surface area contributed by atoms with Gasteiger partial charge in [-0.1, -0.05) is 6.07 Å². The van der Waals surface area contributed by atoms with Crippen molar-refractivity contribution in [2.75, 3.05) is 45.8 Å². The molecular formula is C13H24N4O2S. The molecular weight excluding hydrogens is 276 g/mol. The predicted octanol–water partition coefficient (Wildman–Crippen LogP) is 0.881. The minimum absolute atomic E-state index is 0.129. The van der Waals surface area contributed by atoms with E-state index in [2.05, 4.69) is 5.32 Å². The third-order valence-electron chi connectivity index (χ3n) is 2.87. The quantitative estimate of drug-likeness (QED) is 0.763. The zero-order valence-corrected chi connectivity index (χ0v) is 13.5. The number of nitrogens with one attached hydrogen (secondary N) is 1. The average molecular weight is 300 g/mol. The van der Waals surface area contributed by atoms with E-state index in [1.807, 2.05) is 25.9 Å². The molecule has 114 valence electrons. The average Bonchev–Trinajstić information content (AvgIpc) is 2.30. The molecule has 20 heavy (non-hydrogen) atoms. The highest BCUT2D eigenvalue weighted by Gasteiger charge is 2.22. The summed E-state index contributed by atoms with van der Waals surface area (Å²) in [5, 5.41) is 3.24. The molecule has 0 fully saturated rings. The smallest absolute Gasteiger partial charge is 0.244 e. The highest BCUT2D eigenvalue weighted by molar-refractivity contribution is 7.89. The summed E-state index contributed by atoms with van der Waals surface area (Å²) < 4.78 is 25.5. The van der Waals surface area contributed by atoms with Crippen molar-refractivity contribution in [3.05, 3.63) is 18.2 Å². The van der Waals surface area contributed by atoms with Crippen LogP contribution < -0.4 is 11.1 Å². The molecule has 3 N–H and O–H groups in total. The van der Waals surface area contributed by atoms with E-state index in [0.29, 0.717) is 5.69 Å². The van der Waals surface area contributed by atoms with Crippen LogP contribution in [0.25, 0.3) is 0 Å². The van der Waals surface area contributed by atoms with Gasteiger partial charge >= 0.3 is 0 Å². The van der Waals surface area contributed by atoms with Crippen molar-refractivity contribution in [2.24, 2.45) is 0 Å². The van der Waals surface area contributed by atoms with Crippen LogP contribution in [0.2, 0.25) is 0 Å². The number of para-hydroxylation sites is 1. The van der Waals surface area contributed by atoms with E-state index in [0.717, 1.165) is 10.8 Å². The Morgan fingerprint density at radius 3 is 2.35 bits per heavy atom. The third kappa shape index (κ3) is 3.84. The van der Waals surface area contributed by atoms with Crippen LogP contribution in [0.5, 0.6) is 0 Å². The van der Waals surface area contributed by atoms with Gasteiger partial charge in [0.05, 0.1) is 11.4 Å². The van der Waals surface area contributed by atoms with Gasteiger partial charge in [0.15, 0.2) is 0 Å². The van der Waals surface area contributed by atoms with Gasteiger partial charge in [-0.15, -0.1) is 0 Å². The van der Waals surface area contributed by atoms with Gasteiger partial charge in [0, 0.05) is 26.7 Å². The zero-order chi connectivity index (χ0) is 15.5. The van der Waals surface area contributed by atoms with E-state index in [1.165, 1.54) is 20.2 Å². The molecule has 0 aliphatic carbocycles. The van der Waals surface area contributed by atoms with E-state index in [-0.39, 0.29) is 16.6 Å². The van der Waals surface area contributed by atoms with Gasteiger partial charge < -0.3 is 16.0 Å². The van der Waals surface area contributed by atoms with E-state index in [9.17, 15) is 8.42 Å². The van der Waals surface area contributed by atoms with Crippen molar-refractivity contribution in [2.45, 2.75) is 17.9 Å². The first-order valence-corrected chi connectivity index (χ1v) is 7.82. The first-order chi connectivity index (χ1) is 9.16. The Morgan fingerprint density at radius 1 is 1.25 bits per heavy atom. The van der Waals surface area contributed by atoms with E-state index in [1.54, 1.807) is 12.1 Å². The fourth-order valence-corrected chi connectivity index (χ4v) is 2.98. The molecule has 1 aromatic rings. The van der Waals surface area contributed by atoms with Crippen molar-refractivity contribution < 1.29 is 8.42 Å². The van der Waals surface area contributed by atoms with Crippen LogP contribution in [0.15, 0.2) is 23.1 Å². The number of nitrogen functional groups attached to an aromatic ring is 1. The zero-order valence-electron chi connectivity index (χ0n) is 12.7. The van der Waals surface area contributed by atoms with Gasteiger partial charge in [-0.2, -0.15) is 0 Å². The minimum Gasteiger partial charge on any atom is -0.396 e. The largest absolute Gasteiger partial charge is 0.396 e. The van der Waals surface area contributed by atoms with Crippen molar-refractivity contribution in [3.63, 3.8) is 0 Å². The van der Waals surface area contributed by atoms with E-state index in [4.69, 9.17) is 5.73 Å². The first kappa shape index (κ1) is 16.7. The second-order valence-electron chi connectivity index (χ2n) is 5.31. The van der Waals surface area contributed by atoms with Gasteiger partial charge in [-0.25, -0.2) is 12.7 Å². The molecule has 0 aliphatic heterocycles. The second kappa shape index (κ2) is 6.43. The summed E-state index contributed by atoms with van der Waals surface area (Å²) in [5.41, 5.74) is 6.90. The number of rotatable bonds is 6. The molecule has 1 rings (SSSR count). The number of hydrogen-bond donors (Lipinski definition) is 2. The maximum Gasteiger partial charge on any atom is 0.244 e. The summed E-state index contributed by atoms with van der Waals surface area (Å²) in [6.45, 7) is 2.84. The maximum absolute atomic E-state index is 12.2. The Kier molecular flexibility index (Phi) is 5.38.